The Morgan fingerprint density at radius 3 is 2.76 bits per heavy atom. The fourth-order valence-electron chi connectivity index (χ4n) is 3.69. The molecule has 3 rings (SSSR count). The third kappa shape index (κ3) is 3.26. The second-order valence-electron chi connectivity index (χ2n) is 6.25. The highest BCUT2D eigenvalue weighted by molar-refractivity contribution is 5.82. The monoisotopic (exact) mass is 282 g/mol. The van der Waals surface area contributed by atoms with Gasteiger partial charge in [0.05, 0.1) is 5.52 Å². The summed E-state index contributed by atoms with van der Waals surface area (Å²) in [7, 11) is 0. The van der Waals surface area contributed by atoms with Crippen molar-refractivity contribution in [2.24, 2.45) is 5.92 Å². The molecule has 1 unspecified atom stereocenters. The highest BCUT2D eigenvalue weighted by Gasteiger charge is 2.25. The van der Waals surface area contributed by atoms with Crippen LogP contribution in [-0.4, -0.2) is 11.5 Å². The van der Waals surface area contributed by atoms with Gasteiger partial charge >= 0.3 is 0 Å². The zero-order valence-corrected chi connectivity index (χ0v) is 13.0. The van der Waals surface area contributed by atoms with Crippen LogP contribution in [0.15, 0.2) is 36.5 Å². The van der Waals surface area contributed by atoms with Crippen LogP contribution >= 0.6 is 0 Å². The lowest BCUT2D eigenvalue weighted by molar-refractivity contribution is 0.273. The Bertz CT molecular complexity index is 567. The molecule has 0 aliphatic heterocycles. The zero-order chi connectivity index (χ0) is 14.5. The van der Waals surface area contributed by atoms with Crippen molar-refractivity contribution in [1.29, 1.82) is 0 Å². The van der Waals surface area contributed by atoms with E-state index in [1.165, 1.54) is 49.5 Å². The molecule has 112 valence electrons. The van der Waals surface area contributed by atoms with Gasteiger partial charge in [-0.1, -0.05) is 44.4 Å². The van der Waals surface area contributed by atoms with Crippen LogP contribution in [0.5, 0.6) is 0 Å². The molecule has 1 saturated carbocycles. The van der Waals surface area contributed by atoms with Crippen molar-refractivity contribution in [3.63, 3.8) is 0 Å². The third-order valence-corrected chi connectivity index (χ3v) is 4.75. The maximum atomic E-state index is 4.52. The summed E-state index contributed by atoms with van der Waals surface area (Å²) in [4.78, 5) is 4.52. The summed E-state index contributed by atoms with van der Waals surface area (Å²) in [6, 6.07) is 11.3. The van der Waals surface area contributed by atoms with Crippen molar-refractivity contribution < 1.29 is 0 Å². The fourth-order valence-corrected chi connectivity index (χ4v) is 3.69. The molecule has 0 saturated heterocycles. The van der Waals surface area contributed by atoms with Crippen LogP contribution in [0.2, 0.25) is 0 Å². The number of hydrogen-bond acceptors (Lipinski definition) is 2. The van der Waals surface area contributed by atoms with E-state index in [1.54, 1.807) is 0 Å². The van der Waals surface area contributed by atoms with Gasteiger partial charge in [-0.3, -0.25) is 4.98 Å². The first-order valence-electron chi connectivity index (χ1n) is 8.47. The molecule has 1 aromatic heterocycles. The molecular formula is C19H26N2. The largest absolute Gasteiger partial charge is 0.310 e. The molecule has 1 N–H and O–H groups in total. The second-order valence-corrected chi connectivity index (χ2v) is 6.25. The molecule has 1 atom stereocenters. The Morgan fingerprint density at radius 1 is 1.14 bits per heavy atom. The van der Waals surface area contributed by atoms with E-state index in [4.69, 9.17) is 0 Å². The number of aromatic nitrogens is 1. The topological polar surface area (TPSA) is 24.9 Å². The smallest absolute Gasteiger partial charge is 0.0705 e. The zero-order valence-electron chi connectivity index (χ0n) is 13.0. The molecule has 1 aliphatic carbocycles. The summed E-state index contributed by atoms with van der Waals surface area (Å²) >= 11 is 0. The van der Waals surface area contributed by atoms with Crippen molar-refractivity contribution in [1.82, 2.24) is 10.3 Å². The van der Waals surface area contributed by atoms with Gasteiger partial charge in [0.1, 0.15) is 0 Å². The summed E-state index contributed by atoms with van der Waals surface area (Å²) in [6.07, 6.45) is 10.1. The first-order chi connectivity index (χ1) is 10.4. The van der Waals surface area contributed by atoms with Crippen LogP contribution in [0.1, 0.15) is 57.1 Å². The van der Waals surface area contributed by atoms with Crippen molar-refractivity contribution in [3.05, 3.63) is 42.1 Å². The molecule has 0 amide bonds. The first-order valence-corrected chi connectivity index (χ1v) is 8.47. The number of nitrogens with one attached hydrogen (secondary N) is 1. The average molecular weight is 282 g/mol. The predicted molar refractivity (Wildman–Crippen MR) is 89.4 cm³/mol. The molecule has 0 bridgehead atoms. The summed E-state index contributed by atoms with van der Waals surface area (Å²) in [5.74, 6) is 0.774. The van der Waals surface area contributed by atoms with Crippen LogP contribution in [0, 0.1) is 5.92 Å². The fraction of sp³-hybridized carbons (Fsp3) is 0.526. The molecule has 2 nitrogen and oxygen atoms in total. The summed E-state index contributed by atoms with van der Waals surface area (Å²) < 4.78 is 0. The van der Waals surface area contributed by atoms with Gasteiger partial charge in [0, 0.05) is 17.6 Å². The van der Waals surface area contributed by atoms with E-state index in [1.807, 2.05) is 6.20 Å². The maximum Gasteiger partial charge on any atom is 0.0705 e. The molecule has 0 radical (unpaired) electrons. The summed E-state index contributed by atoms with van der Waals surface area (Å²) in [5.41, 5.74) is 2.56. The Balaban J connectivity index is 1.96. The van der Waals surface area contributed by atoms with E-state index in [0.717, 1.165) is 18.0 Å². The molecule has 1 aliphatic rings. The minimum Gasteiger partial charge on any atom is -0.310 e. The minimum atomic E-state index is 0.484. The number of nitrogens with zero attached hydrogens (tertiary/aromatic N) is 1. The van der Waals surface area contributed by atoms with Crippen molar-refractivity contribution in [3.8, 4) is 0 Å². The van der Waals surface area contributed by atoms with Crippen LogP contribution in [0.4, 0.5) is 0 Å². The number of hydrogen-bond donors (Lipinski definition) is 1. The lowest BCUT2D eigenvalue weighted by Crippen LogP contribution is -2.30. The van der Waals surface area contributed by atoms with Gasteiger partial charge in [0.2, 0.25) is 0 Å². The van der Waals surface area contributed by atoms with Crippen LogP contribution in [0.25, 0.3) is 10.9 Å². The van der Waals surface area contributed by atoms with Crippen molar-refractivity contribution >= 4 is 10.9 Å². The average Bonchev–Trinajstić information content (AvgIpc) is 2.56. The van der Waals surface area contributed by atoms with Crippen molar-refractivity contribution in [2.75, 3.05) is 6.54 Å². The van der Waals surface area contributed by atoms with E-state index in [0.29, 0.717) is 6.04 Å². The van der Waals surface area contributed by atoms with Crippen LogP contribution < -0.4 is 5.32 Å². The van der Waals surface area contributed by atoms with Gasteiger partial charge in [0.15, 0.2) is 0 Å². The molecule has 0 spiro atoms. The second kappa shape index (κ2) is 7.04. The highest BCUT2D eigenvalue weighted by Crippen LogP contribution is 2.36. The van der Waals surface area contributed by atoms with Gasteiger partial charge in [-0.15, -0.1) is 0 Å². The molecule has 2 heteroatoms. The number of benzene rings is 1. The summed E-state index contributed by atoms with van der Waals surface area (Å²) in [5, 5.41) is 5.14. The normalized spacial score (nSPS) is 18.0. The Hall–Kier alpha value is -1.41. The first kappa shape index (κ1) is 14.5. The van der Waals surface area contributed by atoms with E-state index in [-0.39, 0.29) is 0 Å². The highest BCUT2D eigenvalue weighted by atomic mass is 14.9. The summed E-state index contributed by atoms with van der Waals surface area (Å²) in [6.45, 7) is 3.34. The van der Waals surface area contributed by atoms with Crippen molar-refractivity contribution in [2.45, 2.75) is 51.5 Å². The van der Waals surface area contributed by atoms with Gasteiger partial charge in [-0.2, -0.15) is 0 Å². The number of para-hydroxylation sites is 1. The quantitative estimate of drug-likeness (QED) is 0.847. The number of fused-ring (bicyclic) bond motifs is 1. The van der Waals surface area contributed by atoms with Gasteiger partial charge < -0.3 is 5.32 Å². The number of pyridine rings is 1. The van der Waals surface area contributed by atoms with E-state index in [9.17, 15) is 0 Å². The lowest BCUT2D eigenvalue weighted by Gasteiger charge is -2.32. The molecule has 21 heavy (non-hydrogen) atoms. The maximum absolute atomic E-state index is 4.52. The van der Waals surface area contributed by atoms with Gasteiger partial charge in [0.25, 0.3) is 0 Å². The molecule has 2 aromatic rings. The lowest BCUT2D eigenvalue weighted by atomic mass is 9.80. The van der Waals surface area contributed by atoms with E-state index in [2.05, 4.69) is 47.6 Å². The Morgan fingerprint density at radius 2 is 1.95 bits per heavy atom. The SMILES string of the molecule is CCCNC(c1ccnc2ccccc12)C1CCCCC1. The van der Waals surface area contributed by atoms with E-state index < -0.39 is 0 Å². The van der Waals surface area contributed by atoms with Crippen LogP contribution in [0.3, 0.4) is 0 Å². The molecule has 1 heterocycles. The van der Waals surface area contributed by atoms with Crippen LogP contribution in [-0.2, 0) is 0 Å². The standard InChI is InChI=1S/C19H26N2/c1-2-13-21-19(15-8-4-3-5-9-15)17-12-14-20-18-11-7-6-10-16(17)18/h6-7,10-12,14-15,19,21H,2-5,8-9,13H2,1H3. The third-order valence-electron chi connectivity index (χ3n) is 4.75. The van der Waals surface area contributed by atoms with E-state index >= 15 is 0 Å². The Labute approximate surface area is 128 Å². The van der Waals surface area contributed by atoms with Gasteiger partial charge in [-0.25, -0.2) is 0 Å². The molecular weight excluding hydrogens is 256 g/mol. The predicted octanol–water partition coefficient (Wildman–Crippen LogP) is 4.86. The minimum absolute atomic E-state index is 0.484. The molecule has 1 aromatic carbocycles. The van der Waals surface area contributed by atoms with Gasteiger partial charge in [-0.05, 0) is 49.4 Å². The molecule has 1 fully saturated rings. The number of rotatable bonds is 5. The Kier molecular flexibility index (Phi) is 4.87.